The molecule has 0 amide bonds. The van der Waals surface area contributed by atoms with Crippen LogP contribution < -0.4 is 15.3 Å². The third-order valence-electron chi connectivity index (χ3n) is 9.54. The van der Waals surface area contributed by atoms with E-state index in [9.17, 15) is 14.6 Å². The molecular weight excluding hydrogens is 651 g/mol. The van der Waals surface area contributed by atoms with E-state index < -0.39 is 49.5 Å². The SMILES string of the molecule is CCC(CC)COC(=O)[C@H](C)NP(=O)(OC[C@H]1O[C@@](C#N)(c2ccc3c(N)ncnn23)[C@@H]2OC(C)(C)O[C@@H]21)Oc1ccc2c(c1)CCCC2. The number of benzene rings is 1. The van der Waals surface area contributed by atoms with Gasteiger partial charge >= 0.3 is 13.7 Å². The van der Waals surface area contributed by atoms with Crippen molar-refractivity contribution in [3.63, 3.8) is 0 Å². The maximum Gasteiger partial charge on any atom is 0.459 e. The Morgan fingerprint density at radius 1 is 1.16 bits per heavy atom. The molecule has 6 rings (SSSR count). The Bertz CT molecular complexity index is 1770. The van der Waals surface area contributed by atoms with Crippen LogP contribution in [0.4, 0.5) is 5.82 Å². The molecule has 49 heavy (non-hydrogen) atoms. The fourth-order valence-corrected chi connectivity index (χ4v) is 8.26. The molecule has 1 aliphatic carbocycles. The minimum Gasteiger partial charge on any atom is -0.464 e. The van der Waals surface area contributed by atoms with E-state index in [4.69, 9.17) is 33.7 Å². The van der Waals surface area contributed by atoms with Gasteiger partial charge in [0.15, 0.2) is 11.6 Å². The molecule has 14 nitrogen and oxygen atoms in total. The first-order valence-corrected chi connectivity index (χ1v) is 18.5. The summed E-state index contributed by atoms with van der Waals surface area (Å²) in [7, 11) is -4.28. The molecule has 3 N–H and O–H groups in total. The van der Waals surface area contributed by atoms with E-state index in [2.05, 4.69) is 21.2 Å². The number of aromatic nitrogens is 3. The second-order valence-corrected chi connectivity index (χ2v) is 15.1. The predicted molar refractivity (Wildman–Crippen MR) is 178 cm³/mol. The van der Waals surface area contributed by atoms with Gasteiger partial charge in [0, 0.05) is 0 Å². The highest BCUT2D eigenvalue weighted by Crippen LogP contribution is 2.52. The van der Waals surface area contributed by atoms with Crippen molar-refractivity contribution in [1.29, 1.82) is 5.26 Å². The van der Waals surface area contributed by atoms with E-state index in [0.29, 0.717) is 17.0 Å². The molecule has 3 aromatic rings. The number of aryl methyl sites for hydroxylation is 2. The summed E-state index contributed by atoms with van der Waals surface area (Å²) in [5, 5.41) is 17.8. The van der Waals surface area contributed by atoms with E-state index >= 15 is 0 Å². The lowest BCUT2D eigenvalue weighted by Gasteiger charge is -2.29. The third-order valence-corrected chi connectivity index (χ3v) is 11.2. The summed E-state index contributed by atoms with van der Waals surface area (Å²) in [4.78, 5) is 17.1. The zero-order chi connectivity index (χ0) is 35.0. The first-order chi connectivity index (χ1) is 23.4. The summed E-state index contributed by atoms with van der Waals surface area (Å²) in [6.45, 7) is 9.02. The van der Waals surface area contributed by atoms with Crippen LogP contribution in [0.25, 0.3) is 5.52 Å². The monoisotopic (exact) mass is 696 g/mol. The van der Waals surface area contributed by atoms with Gasteiger partial charge in [-0.3, -0.25) is 9.32 Å². The number of nitrogens with zero attached hydrogens (tertiary/aromatic N) is 4. The highest BCUT2D eigenvalue weighted by atomic mass is 31.2. The van der Waals surface area contributed by atoms with Crippen LogP contribution in [0.3, 0.4) is 0 Å². The molecule has 2 aromatic heterocycles. The highest BCUT2D eigenvalue weighted by molar-refractivity contribution is 7.52. The molecule has 264 valence electrons. The first kappa shape index (κ1) is 35.3. The highest BCUT2D eigenvalue weighted by Gasteiger charge is 2.65. The van der Waals surface area contributed by atoms with Gasteiger partial charge in [-0.25, -0.2) is 14.1 Å². The lowest BCUT2D eigenvalue weighted by molar-refractivity contribution is -0.204. The Morgan fingerprint density at radius 2 is 1.92 bits per heavy atom. The molecule has 1 unspecified atom stereocenters. The van der Waals surface area contributed by atoms with E-state index in [1.54, 1.807) is 39.0 Å². The number of nitrogens with one attached hydrogen (secondary N) is 1. The van der Waals surface area contributed by atoms with Crippen molar-refractivity contribution in [2.75, 3.05) is 18.9 Å². The maximum atomic E-state index is 14.6. The number of hydrogen-bond donors (Lipinski definition) is 2. The van der Waals surface area contributed by atoms with Crippen LogP contribution in [0.1, 0.15) is 77.1 Å². The standard InChI is InChI=1S/C34H45N6O8P/c1-6-22(7-2)17-43-32(41)21(3)39-49(42,48-25-13-12-23-10-8-9-11-24(23)16-25)44-18-27-29-30(47-33(4,5)46-29)34(19-35,45-27)28-15-14-26-31(36)37-20-38-40(26)28/h12-16,20-22,27,29-30H,6-11,17-18H2,1-5H3,(H,39,42)(H2,36,37,38)/t21-,27+,29+,30+,34-,49?/m0/s1. The van der Waals surface area contributed by atoms with Crippen LogP contribution in [0.5, 0.6) is 5.75 Å². The van der Waals surface area contributed by atoms with Gasteiger partial charge in [0.25, 0.3) is 0 Å². The third kappa shape index (κ3) is 7.06. The number of hydrogen-bond acceptors (Lipinski definition) is 12. The molecule has 0 bridgehead atoms. The van der Waals surface area contributed by atoms with Crippen molar-refractivity contribution in [3.05, 3.63) is 53.5 Å². The van der Waals surface area contributed by atoms with Crippen LogP contribution in [0.2, 0.25) is 0 Å². The normalized spacial score (nSPS) is 26.1. The van der Waals surface area contributed by atoms with Crippen molar-refractivity contribution in [2.24, 2.45) is 5.92 Å². The summed E-state index contributed by atoms with van der Waals surface area (Å²) in [5.74, 6) is -0.871. The fraction of sp³-hybridized carbons (Fsp3) is 0.588. The smallest absolute Gasteiger partial charge is 0.459 e. The topological polar surface area (TPSA) is 182 Å². The summed E-state index contributed by atoms with van der Waals surface area (Å²) >= 11 is 0. The second-order valence-electron chi connectivity index (χ2n) is 13.4. The van der Waals surface area contributed by atoms with Crippen molar-refractivity contribution >= 4 is 25.1 Å². The molecule has 0 saturated carbocycles. The Morgan fingerprint density at radius 3 is 2.65 bits per heavy atom. The lowest BCUT2D eigenvalue weighted by Crippen LogP contribution is -2.40. The summed E-state index contributed by atoms with van der Waals surface area (Å²) < 4.78 is 52.7. The largest absolute Gasteiger partial charge is 0.464 e. The van der Waals surface area contributed by atoms with E-state index in [-0.39, 0.29) is 24.9 Å². The number of esters is 1. The zero-order valence-corrected chi connectivity index (χ0v) is 29.5. The Hall–Kier alpha value is -3.57. The van der Waals surface area contributed by atoms with Gasteiger partial charge in [0.1, 0.15) is 48.0 Å². The van der Waals surface area contributed by atoms with Gasteiger partial charge in [0.2, 0.25) is 5.60 Å². The zero-order valence-electron chi connectivity index (χ0n) is 28.6. The predicted octanol–water partition coefficient (Wildman–Crippen LogP) is 4.99. The van der Waals surface area contributed by atoms with Crippen LogP contribution in [-0.4, -0.2) is 63.9 Å². The molecule has 0 radical (unpaired) electrons. The number of rotatable bonds is 13. The number of nitrogen functional groups attached to an aromatic ring is 1. The second kappa shape index (κ2) is 14.0. The average Bonchev–Trinajstić information content (AvgIpc) is 3.75. The number of anilines is 1. The minimum absolute atomic E-state index is 0.220. The molecule has 15 heteroatoms. The maximum absolute atomic E-state index is 14.6. The Kier molecular flexibility index (Phi) is 10.1. The van der Waals surface area contributed by atoms with Crippen molar-refractivity contribution in [3.8, 4) is 11.8 Å². The number of fused-ring (bicyclic) bond motifs is 3. The van der Waals surface area contributed by atoms with Crippen LogP contribution in [0, 0.1) is 17.2 Å². The Labute approximate surface area is 286 Å². The quantitative estimate of drug-likeness (QED) is 0.180. The van der Waals surface area contributed by atoms with Gasteiger partial charge in [-0.15, -0.1) is 0 Å². The summed E-state index contributed by atoms with van der Waals surface area (Å²) in [6, 6.07) is 10.2. The van der Waals surface area contributed by atoms with Crippen molar-refractivity contribution in [2.45, 2.75) is 109 Å². The summed E-state index contributed by atoms with van der Waals surface area (Å²) in [5.41, 5.74) is 7.57. The van der Waals surface area contributed by atoms with E-state index in [0.717, 1.165) is 44.1 Å². The average molecular weight is 697 g/mol. The first-order valence-electron chi connectivity index (χ1n) is 16.9. The number of nitriles is 1. The number of carbonyl (C=O) groups is 1. The Balaban J connectivity index is 1.27. The number of ether oxygens (including phenoxy) is 4. The molecule has 2 fully saturated rings. The van der Waals surface area contributed by atoms with Gasteiger partial charge in [0.05, 0.1) is 18.9 Å². The van der Waals surface area contributed by atoms with Gasteiger partial charge < -0.3 is 29.2 Å². The van der Waals surface area contributed by atoms with E-state index in [1.807, 2.05) is 26.0 Å². The van der Waals surface area contributed by atoms with Gasteiger partial charge in [-0.1, -0.05) is 32.8 Å². The molecule has 3 aliphatic rings. The molecule has 2 saturated heterocycles. The number of nitrogens with two attached hydrogens (primary N) is 1. The van der Waals surface area contributed by atoms with E-state index in [1.165, 1.54) is 16.4 Å². The molecule has 4 heterocycles. The molecule has 0 spiro atoms. The van der Waals surface area contributed by atoms with Gasteiger partial charge in [-0.05, 0) is 87.8 Å². The lowest BCUT2D eigenvalue weighted by atomic mass is 9.92. The fourth-order valence-electron chi connectivity index (χ4n) is 6.77. The van der Waals surface area contributed by atoms with Crippen LogP contribution in [-0.2, 0) is 51.3 Å². The molecular formula is C34H45N6O8P. The molecule has 2 aliphatic heterocycles. The van der Waals surface area contributed by atoms with Gasteiger partial charge in [-0.2, -0.15) is 15.4 Å². The minimum atomic E-state index is -4.28. The molecule has 6 atom stereocenters. The molecule has 1 aromatic carbocycles. The number of carbonyl (C=O) groups excluding carboxylic acids is 1. The van der Waals surface area contributed by atoms with Crippen LogP contribution >= 0.6 is 7.75 Å². The van der Waals surface area contributed by atoms with Crippen molar-refractivity contribution in [1.82, 2.24) is 19.7 Å². The van der Waals surface area contributed by atoms with Crippen LogP contribution in [0.15, 0.2) is 36.7 Å². The summed E-state index contributed by atoms with van der Waals surface area (Å²) in [6.07, 6.45) is 4.37. The van der Waals surface area contributed by atoms with Crippen molar-refractivity contribution < 1.29 is 37.4 Å².